The Labute approximate surface area is 223 Å². The zero-order valence-electron chi connectivity index (χ0n) is 21.5. The Kier molecular flexibility index (Phi) is 9.58. The van der Waals surface area contributed by atoms with Crippen LogP contribution in [0.4, 0.5) is 5.69 Å². The molecule has 9 heteroatoms. The van der Waals surface area contributed by atoms with Gasteiger partial charge in [0.2, 0.25) is 21.8 Å². The summed E-state index contributed by atoms with van der Waals surface area (Å²) in [5, 5.41) is 3.11. The van der Waals surface area contributed by atoms with Crippen LogP contribution in [0.25, 0.3) is 0 Å². The summed E-state index contributed by atoms with van der Waals surface area (Å²) in [7, 11) is -3.76. The van der Waals surface area contributed by atoms with Gasteiger partial charge in [0.25, 0.3) is 0 Å². The van der Waals surface area contributed by atoms with E-state index < -0.39 is 22.0 Å². The third kappa shape index (κ3) is 7.32. The Bertz CT molecular complexity index is 1180. The highest BCUT2D eigenvalue weighted by atomic mass is 79.9. The molecule has 2 amide bonds. The number of nitrogens with zero attached hydrogens (tertiary/aromatic N) is 2. The number of aryl methyl sites for hydroxylation is 2. The second-order valence-electron chi connectivity index (χ2n) is 9.68. The van der Waals surface area contributed by atoms with Crippen molar-refractivity contribution in [2.75, 3.05) is 17.1 Å². The van der Waals surface area contributed by atoms with Crippen LogP contribution < -0.4 is 9.62 Å². The van der Waals surface area contributed by atoms with E-state index in [4.69, 9.17) is 0 Å². The SMILES string of the molecule is Cc1cccc(C)c1N(CC(=O)N(Cc1cccc(Br)c1)C(C)C(=O)NC1CCCCC1)S(C)(=O)=O. The first-order valence-corrected chi connectivity index (χ1v) is 15.0. The molecule has 0 spiro atoms. The van der Waals surface area contributed by atoms with Gasteiger partial charge >= 0.3 is 0 Å². The Morgan fingerprint density at radius 1 is 1.06 bits per heavy atom. The van der Waals surface area contributed by atoms with E-state index in [2.05, 4.69) is 21.2 Å². The van der Waals surface area contributed by atoms with Crippen molar-refractivity contribution < 1.29 is 18.0 Å². The molecule has 1 aliphatic rings. The molecule has 7 nitrogen and oxygen atoms in total. The smallest absolute Gasteiger partial charge is 0.244 e. The number of halogens is 1. The first kappa shape index (κ1) is 28.2. The Morgan fingerprint density at radius 2 is 1.67 bits per heavy atom. The van der Waals surface area contributed by atoms with Crippen LogP contribution in [0.1, 0.15) is 55.7 Å². The van der Waals surface area contributed by atoms with Gasteiger partial charge in [-0.2, -0.15) is 0 Å². The summed E-state index contributed by atoms with van der Waals surface area (Å²) in [4.78, 5) is 28.5. The second-order valence-corrected chi connectivity index (χ2v) is 12.5. The van der Waals surface area contributed by atoms with E-state index in [-0.39, 0.29) is 25.0 Å². The van der Waals surface area contributed by atoms with Crippen LogP contribution in [0.3, 0.4) is 0 Å². The number of para-hydroxylation sites is 1. The van der Waals surface area contributed by atoms with Gasteiger partial charge in [-0.25, -0.2) is 8.42 Å². The standard InChI is InChI=1S/C27H36BrN3O4S/c1-19-10-8-11-20(2)26(19)31(36(4,34)35)18-25(32)30(17-22-12-9-13-23(28)16-22)21(3)27(33)29-24-14-6-5-7-15-24/h8-13,16,21,24H,5-7,14-15,17-18H2,1-4H3,(H,29,33). The second kappa shape index (κ2) is 12.2. The molecule has 1 fully saturated rings. The van der Waals surface area contributed by atoms with Crippen molar-refractivity contribution >= 4 is 43.5 Å². The first-order chi connectivity index (χ1) is 17.0. The first-order valence-electron chi connectivity index (χ1n) is 12.4. The molecule has 1 atom stereocenters. The number of carbonyl (C=O) groups excluding carboxylic acids is 2. The van der Waals surface area contributed by atoms with Gasteiger partial charge in [0.1, 0.15) is 12.6 Å². The molecule has 196 valence electrons. The Morgan fingerprint density at radius 3 is 2.25 bits per heavy atom. The molecule has 1 N–H and O–H groups in total. The zero-order chi connectivity index (χ0) is 26.5. The summed E-state index contributed by atoms with van der Waals surface area (Å²) < 4.78 is 27.7. The van der Waals surface area contributed by atoms with Gasteiger partial charge in [-0.05, 0) is 62.4 Å². The Balaban J connectivity index is 1.91. The lowest BCUT2D eigenvalue weighted by Gasteiger charge is -2.33. The molecule has 0 bridgehead atoms. The van der Waals surface area contributed by atoms with Gasteiger partial charge in [-0.1, -0.05) is 65.5 Å². The number of hydrogen-bond acceptors (Lipinski definition) is 4. The van der Waals surface area contributed by atoms with Crippen molar-refractivity contribution in [3.63, 3.8) is 0 Å². The molecule has 1 aliphatic carbocycles. The number of nitrogens with one attached hydrogen (secondary N) is 1. The highest BCUT2D eigenvalue weighted by Crippen LogP contribution is 2.27. The van der Waals surface area contributed by atoms with E-state index in [0.29, 0.717) is 5.69 Å². The van der Waals surface area contributed by atoms with Crippen LogP contribution in [-0.4, -0.2) is 50.0 Å². The van der Waals surface area contributed by atoms with E-state index >= 15 is 0 Å². The fourth-order valence-corrected chi connectivity index (χ4v) is 6.17. The molecule has 36 heavy (non-hydrogen) atoms. The minimum Gasteiger partial charge on any atom is -0.352 e. The van der Waals surface area contributed by atoms with Crippen LogP contribution in [0.15, 0.2) is 46.9 Å². The minimum absolute atomic E-state index is 0.110. The number of anilines is 1. The maximum atomic E-state index is 13.8. The largest absolute Gasteiger partial charge is 0.352 e. The molecular formula is C27H36BrN3O4S. The van der Waals surface area contributed by atoms with Crippen molar-refractivity contribution in [2.24, 2.45) is 0 Å². The van der Waals surface area contributed by atoms with Gasteiger partial charge in [0.05, 0.1) is 11.9 Å². The Hall–Kier alpha value is -2.39. The third-order valence-electron chi connectivity index (χ3n) is 6.73. The summed E-state index contributed by atoms with van der Waals surface area (Å²) >= 11 is 3.46. The van der Waals surface area contributed by atoms with Crippen molar-refractivity contribution in [1.82, 2.24) is 10.2 Å². The quantitative estimate of drug-likeness (QED) is 0.468. The summed E-state index contributed by atoms with van der Waals surface area (Å²) in [6.07, 6.45) is 6.32. The lowest BCUT2D eigenvalue weighted by atomic mass is 9.95. The average molecular weight is 579 g/mol. The molecule has 0 heterocycles. The topological polar surface area (TPSA) is 86.8 Å². The number of carbonyl (C=O) groups is 2. The number of amides is 2. The van der Waals surface area contributed by atoms with Crippen molar-refractivity contribution in [3.8, 4) is 0 Å². The van der Waals surface area contributed by atoms with E-state index in [1.807, 2.05) is 56.3 Å². The molecular weight excluding hydrogens is 542 g/mol. The van der Waals surface area contributed by atoms with Crippen molar-refractivity contribution in [2.45, 2.75) is 71.5 Å². The molecule has 2 aromatic carbocycles. The molecule has 0 aliphatic heterocycles. The number of benzene rings is 2. The van der Waals surface area contributed by atoms with Gasteiger partial charge in [-0.3, -0.25) is 13.9 Å². The normalized spacial score (nSPS) is 15.2. The molecule has 0 saturated heterocycles. The average Bonchev–Trinajstić information content (AvgIpc) is 2.81. The van der Waals surface area contributed by atoms with E-state index in [1.54, 1.807) is 6.92 Å². The minimum atomic E-state index is -3.76. The van der Waals surface area contributed by atoms with E-state index in [0.717, 1.165) is 57.4 Å². The van der Waals surface area contributed by atoms with Crippen molar-refractivity contribution in [1.29, 1.82) is 0 Å². The molecule has 3 rings (SSSR count). The number of sulfonamides is 1. The van der Waals surface area contributed by atoms with Crippen LogP contribution in [-0.2, 0) is 26.2 Å². The van der Waals surface area contributed by atoms with E-state index in [9.17, 15) is 18.0 Å². The van der Waals surface area contributed by atoms with Crippen LogP contribution >= 0.6 is 15.9 Å². The zero-order valence-corrected chi connectivity index (χ0v) is 23.9. The fourth-order valence-electron chi connectivity index (χ4n) is 4.76. The highest BCUT2D eigenvalue weighted by Gasteiger charge is 2.32. The van der Waals surface area contributed by atoms with Gasteiger partial charge in [0, 0.05) is 17.1 Å². The molecule has 1 unspecified atom stereocenters. The lowest BCUT2D eigenvalue weighted by molar-refractivity contribution is -0.139. The van der Waals surface area contributed by atoms with Gasteiger partial charge in [0.15, 0.2) is 0 Å². The van der Waals surface area contributed by atoms with E-state index in [1.165, 1.54) is 11.3 Å². The lowest BCUT2D eigenvalue weighted by Crippen LogP contribution is -2.53. The number of hydrogen-bond donors (Lipinski definition) is 1. The van der Waals surface area contributed by atoms with Crippen molar-refractivity contribution in [3.05, 3.63) is 63.6 Å². The highest BCUT2D eigenvalue weighted by molar-refractivity contribution is 9.10. The molecule has 0 radical (unpaired) electrons. The maximum Gasteiger partial charge on any atom is 0.244 e. The predicted octanol–water partition coefficient (Wildman–Crippen LogP) is 4.70. The molecule has 2 aromatic rings. The fraction of sp³-hybridized carbons (Fsp3) is 0.481. The van der Waals surface area contributed by atoms with Gasteiger partial charge < -0.3 is 10.2 Å². The van der Waals surface area contributed by atoms with Gasteiger partial charge in [-0.15, -0.1) is 0 Å². The third-order valence-corrected chi connectivity index (χ3v) is 8.33. The van der Waals surface area contributed by atoms with Crippen LogP contribution in [0.5, 0.6) is 0 Å². The summed E-state index contributed by atoms with van der Waals surface area (Å²) in [6.45, 7) is 5.15. The molecule has 0 aromatic heterocycles. The maximum absolute atomic E-state index is 13.8. The van der Waals surface area contributed by atoms with Crippen LogP contribution in [0, 0.1) is 13.8 Å². The van der Waals surface area contributed by atoms with Crippen LogP contribution in [0.2, 0.25) is 0 Å². The molecule has 1 saturated carbocycles. The summed E-state index contributed by atoms with van der Waals surface area (Å²) in [5.74, 6) is -0.655. The summed E-state index contributed by atoms with van der Waals surface area (Å²) in [6, 6.07) is 12.4. The predicted molar refractivity (Wildman–Crippen MR) is 147 cm³/mol. The summed E-state index contributed by atoms with van der Waals surface area (Å²) in [5.41, 5.74) is 2.85. The monoisotopic (exact) mass is 577 g/mol. The number of rotatable bonds is 9.